The van der Waals surface area contributed by atoms with Crippen LogP contribution in [-0.2, 0) is 6.54 Å². The number of aryl methyl sites for hydroxylation is 1. The third-order valence-electron chi connectivity index (χ3n) is 4.19. The van der Waals surface area contributed by atoms with E-state index in [1.54, 1.807) is 31.2 Å². The molecule has 6 nitrogen and oxygen atoms in total. The molecule has 0 unspecified atom stereocenters. The summed E-state index contributed by atoms with van der Waals surface area (Å²) in [5.41, 5.74) is 1.44. The van der Waals surface area contributed by atoms with Gasteiger partial charge in [0.25, 0.3) is 5.56 Å². The number of Topliss-reactive ketones (excluding diaryl/α,β-unsaturated/α-hetero) is 1. The van der Waals surface area contributed by atoms with Gasteiger partial charge in [-0.3, -0.25) is 9.59 Å². The van der Waals surface area contributed by atoms with E-state index in [0.717, 1.165) is 0 Å². The summed E-state index contributed by atoms with van der Waals surface area (Å²) in [6, 6.07) is 14.2. The van der Waals surface area contributed by atoms with Crippen molar-refractivity contribution >= 4 is 17.2 Å². The highest BCUT2D eigenvalue weighted by Gasteiger charge is 2.22. The second-order valence-corrected chi connectivity index (χ2v) is 6.10. The van der Waals surface area contributed by atoms with Gasteiger partial charge < -0.3 is 5.32 Å². The number of nitriles is 1. The molecule has 0 amide bonds. The van der Waals surface area contributed by atoms with E-state index < -0.39 is 11.4 Å². The van der Waals surface area contributed by atoms with E-state index in [1.807, 2.05) is 6.07 Å². The minimum Gasteiger partial charge on any atom is -0.350 e. The molecule has 28 heavy (non-hydrogen) atoms. The summed E-state index contributed by atoms with van der Waals surface area (Å²) in [7, 11) is 0. The molecular weight excluding hydrogens is 359 g/mol. The molecule has 0 saturated heterocycles. The Balaban J connectivity index is 2.26. The van der Waals surface area contributed by atoms with Crippen LogP contribution in [0.2, 0.25) is 0 Å². The molecule has 0 saturated carbocycles. The van der Waals surface area contributed by atoms with Crippen molar-refractivity contribution in [3.05, 3.63) is 75.8 Å². The molecular formula is C21H17FN4O2. The zero-order chi connectivity index (χ0) is 20.3. The van der Waals surface area contributed by atoms with Gasteiger partial charge in [-0.2, -0.15) is 10.4 Å². The van der Waals surface area contributed by atoms with Crippen LogP contribution in [0.5, 0.6) is 0 Å². The van der Waals surface area contributed by atoms with E-state index >= 15 is 0 Å². The molecule has 0 bridgehead atoms. The maximum atomic E-state index is 13.3. The molecule has 7 heteroatoms. The molecule has 3 aromatic rings. The number of benzene rings is 2. The van der Waals surface area contributed by atoms with Gasteiger partial charge in [-0.25, -0.2) is 9.07 Å². The molecule has 0 atom stereocenters. The van der Waals surface area contributed by atoms with Crippen molar-refractivity contribution in [3.8, 4) is 17.3 Å². The number of carbonyl (C=O) groups is 1. The van der Waals surface area contributed by atoms with Crippen LogP contribution in [0.15, 0.2) is 53.3 Å². The molecule has 0 aliphatic heterocycles. The van der Waals surface area contributed by atoms with Gasteiger partial charge in [0.1, 0.15) is 17.2 Å². The summed E-state index contributed by atoms with van der Waals surface area (Å²) in [6.07, 6.45) is 0. The van der Waals surface area contributed by atoms with Crippen LogP contribution in [0, 0.1) is 17.1 Å². The Morgan fingerprint density at radius 3 is 2.57 bits per heavy atom. The lowest BCUT2D eigenvalue weighted by atomic mass is 10.0. The summed E-state index contributed by atoms with van der Waals surface area (Å²) in [5.74, 6) is -0.769. The minimum atomic E-state index is -0.457. The lowest BCUT2D eigenvalue weighted by Gasteiger charge is -2.16. The normalized spacial score (nSPS) is 10.4. The lowest BCUT2D eigenvalue weighted by Crippen LogP contribution is -2.28. The molecule has 0 aliphatic carbocycles. The molecule has 0 spiro atoms. The number of hydrogen-bond donors (Lipinski definition) is 1. The highest BCUT2D eigenvalue weighted by atomic mass is 19.1. The summed E-state index contributed by atoms with van der Waals surface area (Å²) in [4.78, 5) is 25.3. The van der Waals surface area contributed by atoms with Crippen LogP contribution in [0.4, 0.5) is 15.8 Å². The van der Waals surface area contributed by atoms with Crippen molar-refractivity contribution in [3.63, 3.8) is 0 Å². The zero-order valence-electron chi connectivity index (χ0n) is 15.4. The maximum absolute atomic E-state index is 13.3. The number of nitrogens with zero attached hydrogens (tertiary/aromatic N) is 3. The van der Waals surface area contributed by atoms with Crippen LogP contribution < -0.4 is 10.9 Å². The lowest BCUT2D eigenvalue weighted by molar-refractivity contribution is 0.101. The average molecular weight is 376 g/mol. The van der Waals surface area contributed by atoms with E-state index in [2.05, 4.69) is 10.4 Å². The number of carbonyl (C=O) groups excluding carboxylic acids is 1. The highest BCUT2D eigenvalue weighted by Crippen LogP contribution is 2.28. The van der Waals surface area contributed by atoms with Crippen molar-refractivity contribution in [1.82, 2.24) is 9.78 Å². The van der Waals surface area contributed by atoms with Gasteiger partial charge in [0.2, 0.25) is 0 Å². The van der Waals surface area contributed by atoms with Gasteiger partial charge in [-0.1, -0.05) is 6.07 Å². The molecule has 0 fully saturated rings. The largest absolute Gasteiger partial charge is 0.350 e. The van der Waals surface area contributed by atoms with Gasteiger partial charge in [0, 0.05) is 17.8 Å². The van der Waals surface area contributed by atoms with Crippen LogP contribution in [-0.4, -0.2) is 15.6 Å². The van der Waals surface area contributed by atoms with E-state index in [4.69, 9.17) is 5.26 Å². The van der Waals surface area contributed by atoms with E-state index in [1.165, 1.54) is 35.9 Å². The zero-order valence-corrected chi connectivity index (χ0v) is 15.4. The number of anilines is 2. The molecule has 1 N–H and O–H groups in total. The molecule has 1 heterocycles. The monoisotopic (exact) mass is 376 g/mol. The third kappa shape index (κ3) is 3.67. The first-order valence-corrected chi connectivity index (χ1v) is 8.63. The number of aromatic nitrogens is 2. The number of halogens is 1. The van der Waals surface area contributed by atoms with Gasteiger partial charge in [-0.05, 0) is 56.3 Å². The Bertz CT molecular complexity index is 1140. The number of rotatable bonds is 5. The molecule has 2 aromatic carbocycles. The van der Waals surface area contributed by atoms with E-state index in [0.29, 0.717) is 16.8 Å². The van der Waals surface area contributed by atoms with Crippen molar-refractivity contribution in [1.29, 1.82) is 5.26 Å². The second kappa shape index (κ2) is 7.84. The molecule has 1 aromatic heterocycles. The smallest absolute Gasteiger partial charge is 0.291 e. The minimum absolute atomic E-state index is 0.0683. The summed E-state index contributed by atoms with van der Waals surface area (Å²) in [6.45, 7) is 3.39. The average Bonchev–Trinajstić information content (AvgIpc) is 2.70. The Hall–Kier alpha value is -3.79. The van der Waals surface area contributed by atoms with Crippen LogP contribution >= 0.6 is 0 Å². The van der Waals surface area contributed by atoms with Crippen molar-refractivity contribution in [2.45, 2.75) is 20.4 Å². The maximum Gasteiger partial charge on any atom is 0.291 e. The van der Waals surface area contributed by atoms with Gasteiger partial charge >= 0.3 is 0 Å². The second-order valence-electron chi connectivity index (χ2n) is 6.10. The van der Waals surface area contributed by atoms with Crippen LogP contribution in [0.3, 0.4) is 0 Å². The first kappa shape index (κ1) is 19.0. The highest BCUT2D eigenvalue weighted by molar-refractivity contribution is 6.05. The number of nitrogens with one attached hydrogen (secondary N) is 1. The predicted molar refractivity (Wildman–Crippen MR) is 104 cm³/mol. The fourth-order valence-corrected chi connectivity index (χ4v) is 2.86. The Morgan fingerprint density at radius 1 is 1.25 bits per heavy atom. The van der Waals surface area contributed by atoms with Crippen molar-refractivity contribution in [2.24, 2.45) is 0 Å². The SMILES string of the molecule is CCn1nc(-c2ccc(F)cc2)c(C(C)=O)c(Nc2cccc(C#N)c2)c1=O. The van der Waals surface area contributed by atoms with Crippen LogP contribution in [0.1, 0.15) is 29.8 Å². The first-order valence-electron chi connectivity index (χ1n) is 8.63. The van der Waals surface area contributed by atoms with E-state index in [-0.39, 0.29) is 29.3 Å². The molecule has 0 aliphatic rings. The standard InChI is InChI=1S/C21H17FN4O2/c1-3-26-21(28)20(24-17-6-4-5-14(11-17)12-23)18(13(2)27)19(25-26)15-7-9-16(22)10-8-15/h4-11,24H,3H2,1-2H3. The summed E-state index contributed by atoms with van der Waals surface area (Å²) in [5, 5.41) is 16.4. The quantitative estimate of drug-likeness (QED) is 0.683. The van der Waals surface area contributed by atoms with Gasteiger partial charge in [0.05, 0.1) is 17.2 Å². The topological polar surface area (TPSA) is 87.8 Å². The fourth-order valence-electron chi connectivity index (χ4n) is 2.86. The Morgan fingerprint density at radius 2 is 1.96 bits per heavy atom. The van der Waals surface area contributed by atoms with E-state index in [9.17, 15) is 14.0 Å². The van der Waals surface area contributed by atoms with Crippen LogP contribution in [0.25, 0.3) is 11.3 Å². The molecule has 140 valence electrons. The molecule has 0 radical (unpaired) electrons. The number of ketones is 1. The Kier molecular flexibility index (Phi) is 5.32. The first-order chi connectivity index (χ1) is 13.4. The third-order valence-corrected chi connectivity index (χ3v) is 4.19. The summed E-state index contributed by atoms with van der Waals surface area (Å²) < 4.78 is 14.6. The van der Waals surface area contributed by atoms with Crippen molar-refractivity contribution in [2.75, 3.05) is 5.32 Å². The molecule has 3 rings (SSSR count). The predicted octanol–water partition coefficient (Wildman–Crippen LogP) is 3.89. The van der Waals surface area contributed by atoms with Gasteiger partial charge in [-0.15, -0.1) is 0 Å². The Labute approximate surface area is 160 Å². The van der Waals surface area contributed by atoms with Gasteiger partial charge in [0.15, 0.2) is 5.78 Å². The van der Waals surface area contributed by atoms with Crippen molar-refractivity contribution < 1.29 is 9.18 Å². The number of hydrogen-bond acceptors (Lipinski definition) is 5. The summed E-state index contributed by atoms with van der Waals surface area (Å²) >= 11 is 0. The fraction of sp³-hybridized carbons (Fsp3) is 0.143.